The zero-order chi connectivity index (χ0) is 18.4. The molecule has 25 heavy (non-hydrogen) atoms. The van der Waals surface area contributed by atoms with E-state index in [1.54, 1.807) is 12.1 Å². The van der Waals surface area contributed by atoms with Gasteiger partial charge in [-0.15, -0.1) is 0 Å². The molecule has 9 heteroatoms. The number of hydrogen-bond acceptors (Lipinski definition) is 5. The highest BCUT2D eigenvalue weighted by atomic mass is 127. The smallest absolute Gasteiger partial charge is 0.311 e. The van der Waals surface area contributed by atoms with E-state index in [0.29, 0.717) is 5.69 Å². The van der Waals surface area contributed by atoms with E-state index in [1.165, 1.54) is 19.2 Å². The molecule has 0 aliphatic carbocycles. The van der Waals surface area contributed by atoms with Gasteiger partial charge in [0.15, 0.2) is 5.75 Å². The Bertz CT molecular complexity index is 808. The van der Waals surface area contributed by atoms with E-state index in [-0.39, 0.29) is 23.5 Å². The van der Waals surface area contributed by atoms with Crippen molar-refractivity contribution >= 4 is 45.8 Å². The number of ether oxygens (including phenoxy) is 1. The number of amides is 2. The van der Waals surface area contributed by atoms with Crippen LogP contribution in [0.3, 0.4) is 0 Å². The molecule has 0 aromatic heterocycles. The van der Waals surface area contributed by atoms with Crippen LogP contribution in [0.5, 0.6) is 5.75 Å². The molecule has 2 aromatic rings. The fourth-order valence-electron chi connectivity index (χ4n) is 1.97. The topological polar surface area (TPSA) is 111 Å². The summed E-state index contributed by atoms with van der Waals surface area (Å²) in [6.45, 7) is -0.259. The van der Waals surface area contributed by atoms with E-state index in [1.807, 2.05) is 12.1 Å². The summed E-state index contributed by atoms with van der Waals surface area (Å²) in [7, 11) is 1.30. The van der Waals surface area contributed by atoms with Crippen LogP contribution in [0.4, 0.5) is 11.4 Å². The highest BCUT2D eigenvalue weighted by molar-refractivity contribution is 14.1. The Morgan fingerprint density at radius 3 is 2.48 bits per heavy atom. The number of nitrogens with zero attached hydrogens (tertiary/aromatic N) is 1. The fourth-order valence-corrected chi connectivity index (χ4v) is 2.33. The Hall–Kier alpha value is -2.69. The van der Waals surface area contributed by atoms with Crippen LogP contribution < -0.4 is 15.4 Å². The molecule has 0 aliphatic heterocycles. The number of benzene rings is 2. The maximum Gasteiger partial charge on any atom is 0.311 e. The van der Waals surface area contributed by atoms with Gasteiger partial charge in [0.25, 0.3) is 5.91 Å². The van der Waals surface area contributed by atoms with Crippen LogP contribution in [0.15, 0.2) is 42.5 Å². The molecular weight excluding hydrogens is 441 g/mol. The largest absolute Gasteiger partial charge is 0.490 e. The quantitative estimate of drug-likeness (QED) is 0.395. The Labute approximate surface area is 156 Å². The standard InChI is InChI=1S/C16H14IN3O5/c1-25-14-7-2-10(8-13(14)20(23)24)16(22)18-9-15(21)19-12-5-3-11(17)4-6-12/h2-8H,9H2,1H3,(H,18,22)(H,19,21). The van der Waals surface area contributed by atoms with Crippen molar-refractivity contribution in [2.75, 3.05) is 19.0 Å². The van der Waals surface area contributed by atoms with Gasteiger partial charge in [-0.25, -0.2) is 0 Å². The van der Waals surface area contributed by atoms with Gasteiger partial charge in [0.2, 0.25) is 5.91 Å². The third-order valence-electron chi connectivity index (χ3n) is 3.18. The molecule has 2 rings (SSSR count). The van der Waals surface area contributed by atoms with Crippen molar-refractivity contribution < 1.29 is 19.2 Å². The lowest BCUT2D eigenvalue weighted by molar-refractivity contribution is -0.385. The molecule has 0 saturated carbocycles. The maximum atomic E-state index is 12.1. The van der Waals surface area contributed by atoms with Crippen LogP contribution in [0.25, 0.3) is 0 Å². The first kappa shape index (κ1) is 18.6. The first-order valence-electron chi connectivity index (χ1n) is 7.06. The summed E-state index contributed by atoms with van der Waals surface area (Å²) in [5.41, 5.74) is 0.354. The summed E-state index contributed by atoms with van der Waals surface area (Å²) >= 11 is 2.15. The highest BCUT2D eigenvalue weighted by Gasteiger charge is 2.18. The number of methoxy groups -OCH3 is 1. The minimum Gasteiger partial charge on any atom is -0.490 e. The molecule has 0 unspecified atom stereocenters. The van der Waals surface area contributed by atoms with E-state index in [4.69, 9.17) is 4.74 Å². The van der Waals surface area contributed by atoms with E-state index >= 15 is 0 Å². The van der Waals surface area contributed by atoms with Crippen molar-refractivity contribution in [3.05, 3.63) is 61.7 Å². The van der Waals surface area contributed by atoms with Crippen molar-refractivity contribution in [3.8, 4) is 5.75 Å². The van der Waals surface area contributed by atoms with Crippen LogP contribution in [0, 0.1) is 13.7 Å². The fraction of sp³-hybridized carbons (Fsp3) is 0.125. The van der Waals surface area contributed by atoms with Crippen molar-refractivity contribution in [1.29, 1.82) is 0 Å². The average molecular weight is 455 g/mol. The molecule has 0 fully saturated rings. The molecule has 8 nitrogen and oxygen atoms in total. The van der Waals surface area contributed by atoms with Gasteiger partial charge in [0, 0.05) is 20.9 Å². The number of carbonyl (C=O) groups excluding carboxylic acids is 2. The maximum absolute atomic E-state index is 12.1. The predicted octanol–water partition coefficient (Wildman–Crippen LogP) is 2.58. The molecule has 2 aromatic carbocycles. The third kappa shape index (κ3) is 5.14. The first-order valence-corrected chi connectivity index (χ1v) is 8.14. The molecule has 0 radical (unpaired) electrons. The second-order valence-electron chi connectivity index (χ2n) is 4.88. The molecule has 0 bridgehead atoms. The monoisotopic (exact) mass is 455 g/mol. The number of hydrogen-bond donors (Lipinski definition) is 2. The molecule has 2 amide bonds. The van der Waals surface area contributed by atoms with Crippen LogP contribution in [0.2, 0.25) is 0 Å². The summed E-state index contributed by atoms with van der Waals surface area (Å²) in [6.07, 6.45) is 0. The third-order valence-corrected chi connectivity index (χ3v) is 3.89. The van der Waals surface area contributed by atoms with Gasteiger partial charge in [0.05, 0.1) is 18.6 Å². The van der Waals surface area contributed by atoms with Crippen LogP contribution in [-0.4, -0.2) is 30.4 Å². The lowest BCUT2D eigenvalue weighted by Gasteiger charge is -2.08. The van der Waals surface area contributed by atoms with Gasteiger partial charge >= 0.3 is 5.69 Å². The van der Waals surface area contributed by atoms with Gasteiger partial charge < -0.3 is 15.4 Å². The molecule has 0 saturated heterocycles. The van der Waals surface area contributed by atoms with Gasteiger partial charge in [-0.05, 0) is 59.0 Å². The SMILES string of the molecule is COc1ccc(C(=O)NCC(=O)Nc2ccc(I)cc2)cc1[N+](=O)[O-]. The van der Waals surface area contributed by atoms with Gasteiger partial charge in [-0.1, -0.05) is 0 Å². The van der Waals surface area contributed by atoms with Gasteiger partial charge in [-0.3, -0.25) is 19.7 Å². The van der Waals surface area contributed by atoms with Crippen LogP contribution in [0.1, 0.15) is 10.4 Å². The molecular formula is C16H14IN3O5. The number of rotatable bonds is 6. The van der Waals surface area contributed by atoms with Crippen molar-refractivity contribution in [2.24, 2.45) is 0 Å². The lowest BCUT2D eigenvalue weighted by atomic mass is 10.1. The number of nitrogens with one attached hydrogen (secondary N) is 2. The van der Waals surface area contributed by atoms with Crippen molar-refractivity contribution in [2.45, 2.75) is 0 Å². The summed E-state index contributed by atoms with van der Waals surface area (Å²) in [6, 6.07) is 11.0. The van der Waals surface area contributed by atoms with E-state index in [9.17, 15) is 19.7 Å². The summed E-state index contributed by atoms with van der Waals surface area (Å²) < 4.78 is 5.91. The lowest BCUT2D eigenvalue weighted by Crippen LogP contribution is -2.32. The Kier molecular flexibility index (Phi) is 6.28. The molecule has 0 spiro atoms. The molecule has 130 valence electrons. The minimum atomic E-state index is -0.640. The van der Waals surface area contributed by atoms with E-state index in [0.717, 1.165) is 9.64 Å². The van der Waals surface area contributed by atoms with Gasteiger partial charge in [-0.2, -0.15) is 0 Å². The second-order valence-corrected chi connectivity index (χ2v) is 6.13. The normalized spacial score (nSPS) is 10.0. The molecule has 0 aliphatic rings. The Morgan fingerprint density at radius 2 is 1.88 bits per heavy atom. The molecule has 2 N–H and O–H groups in total. The number of halogens is 1. The zero-order valence-corrected chi connectivity index (χ0v) is 15.3. The number of nitro benzene ring substituents is 1. The summed E-state index contributed by atoms with van der Waals surface area (Å²) in [4.78, 5) is 34.3. The Balaban J connectivity index is 1.97. The number of anilines is 1. The molecule has 0 atom stereocenters. The average Bonchev–Trinajstić information content (AvgIpc) is 2.61. The van der Waals surface area contributed by atoms with E-state index in [2.05, 4.69) is 33.2 Å². The minimum absolute atomic E-state index is 0.0537. The summed E-state index contributed by atoms with van der Waals surface area (Å²) in [5, 5.41) is 16.0. The van der Waals surface area contributed by atoms with Crippen LogP contribution in [-0.2, 0) is 4.79 Å². The van der Waals surface area contributed by atoms with Crippen LogP contribution >= 0.6 is 22.6 Å². The zero-order valence-electron chi connectivity index (χ0n) is 13.1. The van der Waals surface area contributed by atoms with E-state index < -0.39 is 16.7 Å². The Morgan fingerprint density at radius 1 is 1.20 bits per heavy atom. The van der Waals surface area contributed by atoms with Gasteiger partial charge in [0.1, 0.15) is 0 Å². The second kappa shape index (κ2) is 8.42. The van der Waals surface area contributed by atoms with Crippen molar-refractivity contribution in [1.82, 2.24) is 5.32 Å². The molecule has 0 heterocycles. The first-order chi connectivity index (χ1) is 11.9. The summed E-state index contributed by atoms with van der Waals surface area (Å²) in [5.74, 6) is -0.945. The number of nitro groups is 1. The van der Waals surface area contributed by atoms with Crippen molar-refractivity contribution in [3.63, 3.8) is 0 Å². The highest BCUT2D eigenvalue weighted by Crippen LogP contribution is 2.27. The number of carbonyl (C=O) groups is 2. The predicted molar refractivity (Wildman–Crippen MR) is 99.8 cm³/mol.